The topological polar surface area (TPSA) is 91.7 Å². The Morgan fingerprint density at radius 3 is 2.53 bits per heavy atom. The summed E-state index contributed by atoms with van der Waals surface area (Å²) in [7, 11) is 0. The largest absolute Gasteiger partial charge is 0.481 e. The molecule has 2 fully saturated rings. The number of carbonyl (C=O) groups is 3. The van der Waals surface area contributed by atoms with Crippen LogP contribution < -0.4 is 0 Å². The quantitative estimate of drug-likeness (QED) is 0.509. The van der Waals surface area contributed by atoms with Crippen LogP contribution >= 0.6 is 0 Å². The molecule has 4 aliphatic rings. The molecule has 0 aromatic heterocycles. The van der Waals surface area contributed by atoms with Gasteiger partial charge in [-0.3, -0.25) is 14.4 Å². The van der Waals surface area contributed by atoms with Crippen molar-refractivity contribution < 1.29 is 24.6 Å². The Kier molecular flexibility index (Phi) is 6.50. The van der Waals surface area contributed by atoms with Gasteiger partial charge in [0, 0.05) is 29.7 Å². The molecule has 3 unspecified atom stereocenters. The Morgan fingerprint density at radius 2 is 1.88 bits per heavy atom. The van der Waals surface area contributed by atoms with Crippen LogP contribution in [-0.4, -0.2) is 33.9 Å². The first-order valence-corrected chi connectivity index (χ1v) is 13.2. The van der Waals surface area contributed by atoms with Gasteiger partial charge < -0.3 is 10.2 Å². The maximum Gasteiger partial charge on any atom is 0.310 e. The first-order chi connectivity index (χ1) is 15.8. The van der Waals surface area contributed by atoms with Crippen molar-refractivity contribution in [3.8, 4) is 0 Å². The molecule has 0 radical (unpaired) electrons. The fourth-order valence-corrected chi connectivity index (χ4v) is 8.50. The lowest BCUT2D eigenvalue weighted by Crippen LogP contribution is -2.54. The molecule has 0 spiro atoms. The lowest BCUT2D eigenvalue weighted by Gasteiger charge is -2.55. The van der Waals surface area contributed by atoms with Gasteiger partial charge in [-0.2, -0.15) is 0 Å². The summed E-state index contributed by atoms with van der Waals surface area (Å²) in [6.07, 6.45) is 5.24. The highest BCUT2D eigenvalue weighted by molar-refractivity contribution is 6.00. The van der Waals surface area contributed by atoms with Crippen LogP contribution in [0.2, 0.25) is 0 Å². The van der Waals surface area contributed by atoms with Crippen molar-refractivity contribution in [2.75, 3.05) is 0 Å². The number of aliphatic hydroxyl groups excluding tert-OH is 1. The van der Waals surface area contributed by atoms with Crippen LogP contribution in [0.25, 0.3) is 0 Å². The maximum absolute atomic E-state index is 13.8. The maximum atomic E-state index is 13.8. The van der Waals surface area contributed by atoms with E-state index in [-0.39, 0.29) is 40.2 Å². The van der Waals surface area contributed by atoms with Crippen LogP contribution in [0, 0.1) is 46.3 Å². The van der Waals surface area contributed by atoms with Gasteiger partial charge in [0.1, 0.15) is 5.78 Å². The molecule has 5 nitrogen and oxygen atoms in total. The summed E-state index contributed by atoms with van der Waals surface area (Å²) in [5.41, 5.74) is 2.13. The summed E-state index contributed by atoms with van der Waals surface area (Å²) in [6.45, 7) is 14.3. The Bertz CT molecular complexity index is 946. The molecule has 2 saturated carbocycles. The second-order valence-electron chi connectivity index (χ2n) is 12.4. The zero-order valence-corrected chi connectivity index (χ0v) is 21.5. The molecule has 34 heavy (non-hydrogen) atoms. The number of rotatable bonds is 6. The number of hydrogen-bond acceptors (Lipinski definition) is 4. The monoisotopic (exact) mass is 470 g/mol. The molecule has 0 amide bonds. The molecule has 0 aromatic carbocycles. The van der Waals surface area contributed by atoms with Crippen LogP contribution in [-0.2, 0) is 14.4 Å². The van der Waals surface area contributed by atoms with E-state index in [0.29, 0.717) is 43.9 Å². The average Bonchev–Trinajstić information content (AvgIpc) is 3.11. The highest BCUT2D eigenvalue weighted by Crippen LogP contribution is 2.65. The third kappa shape index (κ3) is 3.73. The highest BCUT2D eigenvalue weighted by atomic mass is 16.4. The lowest BCUT2D eigenvalue weighted by molar-refractivity contribution is -0.140. The predicted octanol–water partition coefficient (Wildman–Crippen LogP) is 5.37. The molecule has 2 N–H and O–H groups in total. The third-order valence-corrected chi connectivity index (χ3v) is 10.7. The number of carbonyl (C=O) groups excluding carboxylic acids is 2. The van der Waals surface area contributed by atoms with E-state index in [1.807, 2.05) is 6.92 Å². The number of ketones is 2. The van der Waals surface area contributed by atoms with Crippen molar-refractivity contribution >= 4 is 17.5 Å². The molecule has 0 aliphatic heterocycles. The summed E-state index contributed by atoms with van der Waals surface area (Å²) in [6, 6.07) is 0. The van der Waals surface area contributed by atoms with Crippen LogP contribution in [0.5, 0.6) is 0 Å². The summed E-state index contributed by atoms with van der Waals surface area (Å²) in [5.74, 6) is -0.0967. The highest BCUT2D eigenvalue weighted by Gasteiger charge is 2.61. The summed E-state index contributed by atoms with van der Waals surface area (Å²) in [5, 5.41) is 20.6. The van der Waals surface area contributed by atoms with Gasteiger partial charge in [-0.25, -0.2) is 0 Å². The normalized spacial score (nSPS) is 41.4. The minimum absolute atomic E-state index is 0.0363. The molecule has 0 saturated heterocycles. The van der Waals surface area contributed by atoms with Crippen molar-refractivity contribution in [1.29, 1.82) is 0 Å². The number of allylic oxidation sites excluding steroid dienone is 1. The average molecular weight is 471 g/mol. The second-order valence-corrected chi connectivity index (χ2v) is 12.4. The van der Waals surface area contributed by atoms with Gasteiger partial charge >= 0.3 is 5.97 Å². The summed E-state index contributed by atoms with van der Waals surface area (Å²) < 4.78 is 0. The van der Waals surface area contributed by atoms with Crippen molar-refractivity contribution in [1.82, 2.24) is 0 Å². The molecule has 0 bridgehead atoms. The standard InChI is InChI=1S/C29H42O5/c1-15(17(3)27(33)34)7-8-16(2)19-9-10-20-25-23(31)13-21-18(4)22(30)11-12-28(21,5)26(25)24(32)14-29(19,20)6/h16-21,23,31H,1,7-14H2,2-6H3,(H,33,34)/t16-,17?,18+,19-,20?,21?,23+,28+,29-/m1/s1. The predicted molar refractivity (Wildman–Crippen MR) is 131 cm³/mol. The first kappa shape index (κ1) is 25.3. The van der Waals surface area contributed by atoms with E-state index >= 15 is 0 Å². The molecular weight excluding hydrogens is 428 g/mol. The smallest absolute Gasteiger partial charge is 0.310 e. The fraction of sp³-hybridized carbons (Fsp3) is 0.759. The van der Waals surface area contributed by atoms with Crippen molar-refractivity contribution in [2.45, 2.75) is 92.1 Å². The Hall–Kier alpha value is -1.75. The minimum Gasteiger partial charge on any atom is -0.481 e. The van der Waals surface area contributed by atoms with E-state index in [1.165, 1.54) is 0 Å². The van der Waals surface area contributed by atoms with Crippen molar-refractivity contribution in [3.05, 3.63) is 23.3 Å². The molecular formula is C29H42O5. The zero-order valence-electron chi connectivity index (χ0n) is 21.5. The zero-order chi connectivity index (χ0) is 25.2. The van der Waals surface area contributed by atoms with Crippen LogP contribution in [0.15, 0.2) is 23.3 Å². The van der Waals surface area contributed by atoms with Gasteiger partial charge in [0.2, 0.25) is 0 Å². The van der Waals surface area contributed by atoms with Gasteiger partial charge in [-0.15, -0.1) is 0 Å². The number of hydrogen-bond donors (Lipinski definition) is 2. The Labute approximate surface area is 204 Å². The van der Waals surface area contributed by atoms with Gasteiger partial charge in [0.05, 0.1) is 12.0 Å². The van der Waals surface area contributed by atoms with E-state index in [4.69, 9.17) is 0 Å². The van der Waals surface area contributed by atoms with Gasteiger partial charge in [-0.1, -0.05) is 39.8 Å². The molecule has 0 heterocycles. The Morgan fingerprint density at radius 1 is 1.21 bits per heavy atom. The van der Waals surface area contributed by atoms with Gasteiger partial charge in [0.25, 0.3) is 0 Å². The first-order valence-electron chi connectivity index (χ1n) is 13.2. The molecule has 188 valence electrons. The number of fused-ring (bicyclic) bond motifs is 4. The number of aliphatic hydroxyl groups is 1. The third-order valence-electron chi connectivity index (χ3n) is 10.7. The molecule has 0 aromatic rings. The molecule has 4 aliphatic carbocycles. The number of carboxylic acids is 1. The Balaban J connectivity index is 1.61. The van der Waals surface area contributed by atoms with E-state index < -0.39 is 18.0 Å². The van der Waals surface area contributed by atoms with Gasteiger partial charge in [-0.05, 0) is 80.1 Å². The number of aliphatic carboxylic acids is 1. The number of carboxylic acid groups (broad SMARTS) is 1. The lowest BCUT2D eigenvalue weighted by atomic mass is 9.48. The van der Waals surface area contributed by atoms with E-state index in [2.05, 4.69) is 27.4 Å². The van der Waals surface area contributed by atoms with E-state index in [0.717, 1.165) is 36.0 Å². The van der Waals surface area contributed by atoms with E-state index in [1.54, 1.807) is 6.92 Å². The molecule has 5 heteroatoms. The fourth-order valence-electron chi connectivity index (χ4n) is 8.50. The second kappa shape index (κ2) is 8.72. The summed E-state index contributed by atoms with van der Waals surface area (Å²) in [4.78, 5) is 37.6. The van der Waals surface area contributed by atoms with Gasteiger partial charge in [0.15, 0.2) is 5.78 Å². The van der Waals surface area contributed by atoms with E-state index in [9.17, 15) is 24.6 Å². The van der Waals surface area contributed by atoms with Crippen molar-refractivity contribution in [3.63, 3.8) is 0 Å². The summed E-state index contributed by atoms with van der Waals surface area (Å²) >= 11 is 0. The SMILES string of the molecule is C=C(CC[C@@H](C)[C@H]1CCC2C3=C(C(=O)C[C@@]21C)[C@@]1(C)CCC(=O)[C@@H](C)C1C[C@@H]3O)C(C)C(=O)O. The molecule has 9 atom stereocenters. The van der Waals surface area contributed by atoms with Crippen LogP contribution in [0.1, 0.15) is 86.0 Å². The molecule has 4 rings (SSSR count). The van der Waals surface area contributed by atoms with Crippen molar-refractivity contribution in [2.24, 2.45) is 46.3 Å². The minimum atomic E-state index is -0.834. The van der Waals surface area contributed by atoms with Crippen LogP contribution in [0.4, 0.5) is 0 Å². The number of Topliss-reactive ketones (excluding diaryl/α,β-unsaturated/α-hetero) is 2. The van der Waals surface area contributed by atoms with Crippen LogP contribution in [0.3, 0.4) is 0 Å².